The molecule has 0 spiro atoms. The highest BCUT2D eigenvalue weighted by molar-refractivity contribution is 7.99. The number of halogens is 1. The van der Waals surface area contributed by atoms with Crippen LogP contribution >= 0.6 is 11.8 Å². The maximum absolute atomic E-state index is 15.0. The first-order valence-corrected chi connectivity index (χ1v) is 9.84. The third kappa shape index (κ3) is 2.68. The number of nitrogens with two attached hydrogens (primary N) is 1. The summed E-state index contributed by atoms with van der Waals surface area (Å²) in [5.41, 5.74) is 6.14. The summed E-state index contributed by atoms with van der Waals surface area (Å²) in [4.78, 5) is 26.7. The molecule has 8 heteroatoms. The van der Waals surface area contributed by atoms with E-state index in [-0.39, 0.29) is 23.0 Å². The van der Waals surface area contributed by atoms with E-state index in [9.17, 15) is 14.7 Å². The van der Waals surface area contributed by atoms with Crippen LogP contribution in [0.1, 0.15) is 35.7 Å². The zero-order valence-electron chi connectivity index (χ0n) is 14.4. The minimum Gasteiger partial charge on any atom is -0.477 e. The number of pyridine rings is 1. The summed E-state index contributed by atoms with van der Waals surface area (Å²) >= 11 is 1.38. The van der Waals surface area contributed by atoms with Gasteiger partial charge in [0, 0.05) is 31.4 Å². The van der Waals surface area contributed by atoms with E-state index in [1.165, 1.54) is 24.0 Å². The van der Waals surface area contributed by atoms with Gasteiger partial charge in [0.05, 0.1) is 21.5 Å². The molecule has 2 fully saturated rings. The van der Waals surface area contributed by atoms with Crippen LogP contribution in [0, 0.1) is 5.82 Å². The van der Waals surface area contributed by atoms with Gasteiger partial charge in [0.15, 0.2) is 0 Å². The van der Waals surface area contributed by atoms with Crippen LogP contribution in [0.5, 0.6) is 0 Å². The zero-order chi connectivity index (χ0) is 18.6. The highest BCUT2D eigenvalue weighted by atomic mass is 32.2. The molecule has 6 nitrogen and oxygen atoms in total. The topological polar surface area (TPSA) is 88.6 Å². The Balaban J connectivity index is 2.06. The number of nitrogens with zero attached hydrogens (tertiary/aromatic N) is 2. The predicted molar refractivity (Wildman–Crippen MR) is 100.0 cm³/mol. The van der Waals surface area contributed by atoms with Gasteiger partial charge in [-0.05, 0) is 31.6 Å². The van der Waals surface area contributed by atoms with E-state index in [0.29, 0.717) is 29.2 Å². The number of thioether (sulfide) groups is 1. The molecule has 4 rings (SSSR count). The molecule has 0 bridgehead atoms. The van der Waals surface area contributed by atoms with Crippen LogP contribution in [0.4, 0.5) is 10.1 Å². The van der Waals surface area contributed by atoms with Crippen molar-refractivity contribution in [3.8, 4) is 0 Å². The number of hydrogen-bond donors (Lipinski definition) is 2. The molecule has 138 valence electrons. The quantitative estimate of drug-likeness (QED) is 0.796. The number of aromatic nitrogens is 1. The maximum Gasteiger partial charge on any atom is 0.341 e. The monoisotopic (exact) mass is 377 g/mol. The van der Waals surface area contributed by atoms with Crippen molar-refractivity contribution in [2.45, 2.75) is 36.2 Å². The summed E-state index contributed by atoms with van der Waals surface area (Å²) in [5, 5.41) is 9.50. The molecule has 1 saturated carbocycles. The van der Waals surface area contributed by atoms with Crippen molar-refractivity contribution in [2.75, 3.05) is 24.2 Å². The Hall–Kier alpha value is -2.06. The van der Waals surface area contributed by atoms with E-state index in [1.807, 2.05) is 15.7 Å². The van der Waals surface area contributed by atoms with Gasteiger partial charge in [-0.1, -0.05) is 0 Å². The van der Waals surface area contributed by atoms with Gasteiger partial charge >= 0.3 is 5.97 Å². The van der Waals surface area contributed by atoms with Crippen LogP contribution in [0.25, 0.3) is 10.9 Å². The Kier molecular flexibility index (Phi) is 4.19. The highest BCUT2D eigenvalue weighted by Gasteiger charge is 2.31. The van der Waals surface area contributed by atoms with Gasteiger partial charge in [-0.3, -0.25) is 4.79 Å². The van der Waals surface area contributed by atoms with Crippen molar-refractivity contribution in [1.29, 1.82) is 0 Å². The smallest absolute Gasteiger partial charge is 0.341 e. The first-order valence-electron chi connectivity index (χ1n) is 8.61. The van der Waals surface area contributed by atoms with Crippen LogP contribution in [-0.4, -0.2) is 41.0 Å². The van der Waals surface area contributed by atoms with Crippen molar-refractivity contribution >= 4 is 34.3 Å². The number of carboxylic acids is 1. The normalized spacial score (nSPS) is 20.1. The fourth-order valence-corrected chi connectivity index (χ4v) is 4.54. The molecule has 0 unspecified atom stereocenters. The molecule has 1 aromatic carbocycles. The molecule has 3 N–H and O–H groups in total. The van der Waals surface area contributed by atoms with Crippen molar-refractivity contribution < 1.29 is 14.3 Å². The lowest BCUT2D eigenvalue weighted by molar-refractivity contribution is 0.0695. The molecular formula is C18H20FN3O3S. The molecule has 26 heavy (non-hydrogen) atoms. The molecule has 2 aromatic rings. The van der Waals surface area contributed by atoms with Gasteiger partial charge in [-0.25, -0.2) is 9.18 Å². The third-order valence-corrected chi connectivity index (χ3v) is 5.91. The fourth-order valence-electron chi connectivity index (χ4n) is 3.71. The first-order chi connectivity index (χ1) is 12.4. The number of carboxylic acid groups (broad SMARTS) is 1. The van der Waals surface area contributed by atoms with Gasteiger partial charge in [0.2, 0.25) is 5.43 Å². The van der Waals surface area contributed by atoms with Crippen molar-refractivity contribution in [3.05, 3.63) is 33.9 Å². The molecule has 1 saturated heterocycles. The molecule has 0 radical (unpaired) electrons. The Morgan fingerprint density at radius 1 is 1.38 bits per heavy atom. The van der Waals surface area contributed by atoms with Crippen LogP contribution in [-0.2, 0) is 0 Å². The molecule has 0 amide bonds. The molecular weight excluding hydrogens is 357 g/mol. The van der Waals surface area contributed by atoms with Crippen LogP contribution in [0.2, 0.25) is 0 Å². The molecule has 1 aromatic heterocycles. The van der Waals surface area contributed by atoms with E-state index < -0.39 is 17.2 Å². The number of aromatic carboxylic acids is 1. The highest BCUT2D eigenvalue weighted by Crippen LogP contribution is 2.43. The van der Waals surface area contributed by atoms with Crippen molar-refractivity contribution in [3.63, 3.8) is 0 Å². The number of fused-ring (bicyclic) bond motifs is 1. The minimum absolute atomic E-state index is 0.000172. The van der Waals surface area contributed by atoms with Gasteiger partial charge in [0.1, 0.15) is 11.4 Å². The summed E-state index contributed by atoms with van der Waals surface area (Å²) in [6, 6.07) is 1.35. The summed E-state index contributed by atoms with van der Waals surface area (Å²) < 4.78 is 16.9. The lowest BCUT2D eigenvalue weighted by Crippen LogP contribution is -2.28. The second-order valence-corrected chi connectivity index (χ2v) is 7.76. The van der Waals surface area contributed by atoms with Crippen LogP contribution in [0.3, 0.4) is 0 Å². The van der Waals surface area contributed by atoms with Crippen molar-refractivity contribution in [2.24, 2.45) is 5.73 Å². The third-order valence-electron chi connectivity index (χ3n) is 5.11. The Bertz CT molecular complexity index is 971. The van der Waals surface area contributed by atoms with Crippen molar-refractivity contribution in [1.82, 2.24) is 4.57 Å². The fraction of sp³-hybridized carbons (Fsp3) is 0.444. The number of carbonyl (C=O) groups is 1. The molecule has 1 atom stereocenters. The van der Waals surface area contributed by atoms with E-state index in [0.717, 1.165) is 19.3 Å². The largest absolute Gasteiger partial charge is 0.477 e. The lowest BCUT2D eigenvalue weighted by Gasteiger charge is -2.24. The lowest BCUT2D eigenvalue weighted by atomic mass is 10.1. The summed E-state index contributed by atoms with van der Waals surface area (Å²) in [6.45, 7) is 1.23. The summed E-state index contributed by atoms with van der Waals surface area (Å²) in [7, 11) is 0. The van der Waals surface area contributed by atoms with E-state index >= 15 is 4.39 Å². The zero-order valence-corrected chi connectivity index (χ0v) is 15.2. The maximum atomic E-state index is 15.0. The number of hydrogen-bond acceptors (Lipinski definition) is 5. The number of benzene rings is 1. The molecule has 2 aliphatic rings. The number of rotatable bonds is 4. The minimum atomic E-state index is -1.29. The van der Waals surface area contributed by atoms with Gasteiger partial charge < -0.3 is 20.3 Å². The summed E-state index contributed by atoms with van der Waals surface area (Å²) in [5.74, 6) is -1.79. The van der Waals surface area contributed by atoms with E-state index in [1.54, 1.807) is 0 Å². The second kappa shape index (κ2) is 6.28. The van der Waals surface area contributed by atoms with Gasteiger partial charge in [-0.15, -0.1) is 11.8 Å². The standard InChI is InChI=1S/C18H20FN3O3S/c1-26-17-14-11(6-13(19)15(17)21-5-4-9(20)7-21)16(23)12(18(24)25)8-22(14)10-2-3-10/h6,8-10H,2-5,7,20H2,1H3,(H,24,25)/t9-/m0/s1. The van der Waals surface area contributed by atoms with E-state index in [2.05, 4.69) is 0 Å². The molecule has 1 aliphatic heterocycles. The second-order valence-electron chi connectivity index (χ2n) is 6.95. The van der Waals surface area contributed by atoms with Crippen LogP contribution in [0.15, 0.2) is 22.0 Å². The molecule has 1 aliphatic carbocycles. The summed E-state index contributed by atoms with van der Waals surface area (Å²) in [6.07, 6.45) is 5.90. The van der Waals surface area contributed by atoms with Gasteiger partial charge in [-0.2, -0.15) is 0 Å². The predicted octanol–water partition coefficient (Wildman–Crippen LogP) is 2.43. The average Bonchev–Trinajstić information content (AvgIpc) is 3.35. The first kappa shape index (κ1) is 17.4. The van der Waals surface area contributed by atoms with Gasteiger partial charge in [0.25, 0.3) is 0 Å². The van der Waals surface area contributed by atoms with Crippen LogP contribution < -0.4 is 16.1 Å². The SMILES string of the molecule is CSc1c(N2CC[C@H](N)C2)c(F)cc2c(=O)c(C(=O)O)cn(C3CC3)c12. The van der Waals surface area contributed by atoms with E-state index in [4.69, 9.17) is 5.73 Å². The number of anilines is 1. The Morgan fingerprint density at radius 3 is 2.65 bits per heavy atom. The average molecular weight is 377 g/mol. The Morgan fingerprint density at radius 2 is 2.12 bits per heavy atom. The Labute approximate surface area is 153 Å². The molecule has 2 heterocycles.